The maximum absolute atomic E-state index is 13.1. The average molecular weight is 449 g/mol. The first-order chi connectivity index (χ1) is 16.0. The van der Waals surface area contributed by atoms with Crippen LogP contribution in [-0.4, -0.2) is 90.6 Å². The fourth-order valence-corrected chi connectivity index (χ4v) is 5.25. The van der Waals surface area contributed by atoms with Crippen molar-refractivity contribution in [3.8, 4) is 0 Å². The van der Waals surface area contributed by atoms with Crippen molar-refractivity contribution in [2.24, 2.45) is 0 Å². The van der Waals surface area contributed by atoms with E-state index in [0.717, 1.165) is 43.7 Å². The molecule has 33 heavy (non-hydrogen) atoms. The number of nitrogens with zero attached hydrogens (tertiary/aromatic N) is 4. The minimum absolute atomic E-state index is 0.0319. The zero-order valence-electron chi connectivity index (χ0n) is 19.2. The summed E-state index contributed by atoms with van der Waals surface area (Å²) < 4.78 is 0. The fourth-order valence-electron chi connectivity index (χ4n) is 5.25. The number of β-amino-alcohol motifs (C(OH)–C–C–N with tert-alkyl or cyclic N) is 1. The molecule has 0 radical (unpaired) electrons. The normalized spacial score (nSPS) is 20.5. The number of aliphatic hydroxyl groups is 1. The number of anilines is 1. The summed E-state index contributed by atoms with van der Waals surface area (Å²) in [6, 6.07) is 14.2. The fraction of sp³-hybridized carbons (Fsp3) is 0.462. The average Bonchev–Trinajstić information content (AvgIpc) is 2.80. The summed E-state index contributed by atoms with van der Waals surface area (Å²) in [6.07, 6.45) is 1.15. The van der Waals surface area contributed by atoms with Crippen molar-refractivity contribution in [2.45, 2.75) is 25.5 Å². The molecule has 1 unspecified atom stereocenters. The number of fused-ring (bicyclic) bond motifs is 2. The third-order valence-electron chi connectivity index (χ3n) is 7.09. The predicted octanol–water partition coefficient (Wildman–Crippen LogP) is 1.38. The first kappa shape index (κ1) is 22.1. The van der Waals surface area contributed by atoms with E-state index in [4.69, 9.17) is 0 Å². The molecule has 1 atom stereocenters. The van der Waals surface area contributed by atoms with Gasteiger partial charge in [0.15, 0.2) is 0 Å². The summed E-state index contributed by atoms with van der Waals surface area (Å²) >= 11 is 0. The van der Waals surface area contributed by atoms with Gasteiger partial charge in [0.2, 0.25) is 5.91 Å². The summed E-state index contributed by atoms with van der Waals surface area (Å²) in [7, 11) is 1.95. The molecule has 174 valence electrons. The van der Waals surface area contributed by atoms with Gasteiger partial charge in [-0.3, -0.25) is 19.4 Å². The van der Waals surface area contributed by atoms with Gasteiger partial charge < -0.3 is 14.9 Å². The van der Waals surface area contributed by atoms with E-state index in [1.807, 2.05) is 35.0 Å². The number of hydrogen-bond acceptors (Lipinski definition) is 5. The highest BCUT2D eigenvalue weighted by Crippen LogP contribution is 2.26. The molecule has 5 rings (SSSR count). The van der Waals surface area contributed by atoms with Crippen LogP contribution in [0.15, 0.2) is 42.5 Å². The molecule has 1 saturated heterocycles. The number of hydrogen-bond donors (Lipinski definition) is 1. The van der Waals surface area contributed by atoms with Crippen molar-refractivity contribution in [1.29, 1.82) is 0 Å². The highest BCUT2D eigenvalue weighted by atomic mass is 16.3. The Bertz CT molecular complexity index is 1060. The predicted molar refractivity (Wildman–Crippen MR) is 127 cm³/mol. The highest BCUT2D eigenvalue weighted by molar-refractivity contribution is 5.99. The third-order valence-corrected chi connectivity index (χ3v) is 7.09. The van der Waals surface area contributed by atoms with Crippen molar-refractivity contribution in [2.75, 3.05) is 57.8 Å². The van der Waals surface area contributed by atoms with Gasteiger partial charge in [0, 0.05) is 57.1 Å². The number of aliphatic hydroxyl groups excluding tert-OH is 1. The second kappa shape index (κ2) is 9.25. The standard InChI is InChI=1S/C26H32N4O3/c1-27-12-13-30(25(32)18-27)22-6-7-24-20(14-22)9-11-29(26(24)33)17-23(31)16-28-10-8-19-4-2-3-5-21(19)15-28/h2-7,14,23,31H,8-13,15-18H2,1H3. The summed E-state index contributed by atoms with van der Waals surface area (Å²) in [5.41, 5.74) is 5.27. The van der Waals surface area contributed by atoms with Crippen molar-refractivity contribution < 1.29 is 14.7 Å². The van der Waals surface area contributed by atoms with Gasteiger partial charge >= 0.3 is 0 Å². The van der Waals surface area contributed by atoms with Crippen LogP contribution in [0.25, 0.3) is 0 Å². The van der Waals surface area contributed by atoms with Gasteiger partial charge in [0.25, 0.3) is 5.91 Å². The van der Waals surface area contributed by atoms with E-state index in [0.29, 0.717) is 38.3 Å². The van der Waals surface area contributed by atoms with Crippen LogP contribution >= 0.6 is 0 Å². The lowest BCUT2D eigenvalue weighted by Crippen LogP contribution is -2.49. The molecule has 0 aromatic heterocycles. The van der Waals surface area contributed by atoms with E-state index < -0.39 is 6.10 Å². The molecular formula is C26H32N4O3. The van der Waals surface area contributed by atoms with Crippen LogP contribution in [0.3, 0.4) is 0 Å². The minimum Gasteiger partial charge on any atom is -0.390 e. The third kappa shape index (κ3) is 4.67. The van der Waals surface area contributed by atoms with Gasteiger partial charge in [0.1, 0.15) is 0 Å². The van der Waals surface area contributed by atoms with E-state index >= 15 is 0 Å². The van der Waals surface area contributed by atoms with Crippen LogP contribution < -0.4 is 4.90 Å². The lowest BCUT2D eigenvalue weighted by Gasteiger charge is -2.35. The molecule has 0 spiro atoms. The van der Waals surface area contributed by atoms with Gasteiger partial charge in [-0.25, -0.2) is 0 Å². The summed E-state index contributed by atoms with van der Waals surface area (Å²) in [5, 5.41) is 10.7. The summed E-state index contributed by atoms with van der Waals surface area (Å²) in [4.78, 5) is 33.4. The van der Waals surface area contributed by atoms with Gasteiger partial charge in [-0.15, -0.1) is 0 Å². The Balaban J connectivity index is 1.20. The number of piperazine rings is 1. The number of benzene rings is 2. The number of carbonyl (C=O) groups excluding carboxylic acids is 2. The molecule has 0 saturated carbocycles. The number of carbonyl (C=O) groups is 2. The Morgan fingerprint density at radius 1 is 0.879 bits per heavy atom. The van der Waals surface area contributed by atoms with Gasteiger partial charge in [-0.2, -0.15) is 0 Å². The number of amides is 2. The molecule has 3 aliphatic heterocycles. The molecule has 7 nitrogen and oxygen atoms in total. The smallest absolute Gasteiger partial charge is 0.254 e. The van der Waals surface area contributed by atoms with E-state index in [2.05, 4.69) is 29.2 Å². The monoisotopic (exact) mass is 448 g/mol. The first-order valence-electron chi connectivity index (χ1n) is 11.9. The zero-order valence-corrected chi connectivity index (χ0v) is 19.2. The maximum atomic E-state index is 13.1. The quantitative estimate of drug-likeness (QED) is 0.749. The van der Waals surface area contributed by atoms with Crippen LogP contribution in [-0.2, 0) is 24.2 Å². The lowest BCUT2D eigenvalue weighted by atomic mass is 9.97. The van der Waals surface area contributed by atoms with Gasteiger partial charge in [0.05, 0.1) is 12.6 Å². The lowest BCUT2D eigenvalue weighted by molar-refractivity contribution is -0.120. The SMILES string of the molecule is CN1CCN(c2ccc3c(c2)CCN(CC(O)CN2CCc4ccccc4C2)C3=O)C(=O)C1. The van der Waals surface area contributed by atoms with Crippen molar-refractivity contribution in [1.82, 2.24) is 14.7 Å². The van der Waals surface area contributed by atoms with Crippen molar-refractivity contribution in [3.63, 3.8) is 0 Å². The van der Waals surface area contributed by atoms with E-state index in [1.165, 1.54) is 11.1 Å². The van der Waals surface area contributed by atoms with Crippen LogP contribution in [0.4, 0.5) is 5.69 Å². The zero-order chi connectivity index (χ0) is 22.9. The van der Waals surface area contributed by atoms with E-state index in [1.54, 1.807) is 4.90 Å². The van der Waals surface area contributed by atoms with Crippen molar-refractivity contribution >= 4 is 17.5 Å². The number of rotatable bonds is 5. The van der Waals surface area contributed by atoms with Crippen LogP contribution in [0.1, 0.15) is 27.0 Å². The molecule has 1 fully saturated rings. The molecule has 0 bridgehead atoms. The Morgan fingerprint density at radius 2 is 1.67 bits per heavy atom. The molecule has 1 N–H and O–H groups in total. The van der Waals surface area contributed by atoms with E-state index in [-0.39, 0.29) is 11.8 Å². The van der Waals surface area contributed by atoms with Crippen molar-refractivity contribution in [3.05, 3.63) is 64.7 Å². The first-order valence-corrected chi connectivity index (χ1v) is 11.9. The largest absolute Gasteiger partial charge is 0.390 e. The second-order valence-corrected chi connectivity index (χ2v) is 9.53. The Hall–Kier alpha value is -2.74. The van der Waals surface area contributed by atoms with E-state index in [9.17, 15) is 14.7 Å². The Labute approximate surface area is 195 Å². The second-order valence-electron chi connectivity index (χ2n) is 9.53. The van der Waals surface area contributed by atoms with Crippen LogP contribution in [0, 0.1) is 0 Å². The molecule has 2 amide bonds. The molecule has 3 heterocycles. The van der Waals surface area contributed by atoms with Gasteiger partial charge in [-0.1, -0.05) is 24.3 Å². The molecule has 7 heteroatoms. The van der Waals surface area contributed by atoms with Crippen LogP contribution in [0.5, 0.6) is 0 Å². The molecule has 0 aliphatic carbocycles. The Kier molecular flexibility index (Phi) is 6.19. The van der Waals surface area contributed by atoms with Crippen LogP contribution in [0.2, 0.25) is 0 Å². The van der Waals surface area contributed by atoms with Gasteiger partial charge in [-0.05, 0) is 54.8 Å². The topological polar surface area (TPSA) is 67.3 Å². The minimum atomic E-state index is -0.581. The molecule has 3 aliphatic rings. The highest BCUT2D eigenvalue weighted by Gasteiger charge is 2.29. The number of likely N-dealkylation sites (N-methyl/N-ethyl adjacent to an activating group) is 1. The molecule has 2 aromatic carbocycles. The summed E-state index contributed by atoms with van der Waals surface area (Å²) in [5.74, 6) is 0.0615. The maximum Gasteiger partial charge on any atom is 0.254 e. The molecular weight excluding hydrogens is 416 g/mol. The summed E-state index contributed by atoms with van der Waals surface area (Å²) in [6.45, 7) is 5.20. The Morgan fingerprint density at radius 3 is 2.48 bits per heavy atom. The molecule has 2 aromatic rings.